The Morgan fingerprint density at radius 2 is 2.03 bits per heavy atom. The number of hydrogen-bond donors (Lipinski definition) is 1. The van der Waals surface area contributed by atoms with E-state index in [1.165, 1.54) is 30.6 Å². The largest absolute Gasteiger partial charge is 0.497 e. The Bertz CT molecular complexity index is 1070. The Labute approximate surface area is 206 Å². The SMILES string of the molecule is COc1ccc(S(=O)(=O)N(C)C[C@@H]2OCc3cn(nn3)CCCC(=O)N([C@H](C)CO)C[C@H]2C)cc1. The number of aliphatic hydroxyl groups is 1. The van der Waals surface area contributed by atoms with Crippen molar-refractivity contribution in [1.82, 2.24) is 24.2 Å². The van der Waals surface area contributed by atoms with Crippen LogP contribution in [0.15, 0.2) is 35.4 Å². The van der Waals surface area contributed by atoms with Crippen LogP contribution in [0.4, 0.5) is 0 Å². The third-order valence-corrected chi connectivity index (χ3v) is 8.09. The van der Waals surface area contributed by atoms with Crippen LogP contribution in [0.2, 0.25) is 0 Å². The molecular weight excluding hydrogens is 474 g/mol. The zero-order chi connectivity index (χ0) is 25.6. The van der Waals surface area contributed by atoms with Gasteiger partial charge in [0.15, 0.2) is 0 Å². The van der Waals surface area contributed by atoms with E-state index in [1.807, 2.05) is 6.92 Å². The van der Waals surface area contributed by atoms with E-state index < -0.39 is 16.1 Å². The Morgan fingerprint density at radius 1 is 1.31 bits per heavy atom. The number of aliphatic hydroxyl groups excluding tert-OH is 1. The Balaban J connectivity index is 1.84. The first-order chi connectivity index (χ1) is 16.6. The average Bonchev–Trinajstić information content (AvgIpc) is 3.31. The molecule has 1 aliphatic heterocycles. The molecule has 2 heterocycles. The predicted octanol–water partition coefficient (Wildman–Crippen LogP) is 1.13. The van der Waals surface area contributed by atoms with Crippen LogP contribution >= 0.6 is 0 Å². The molecule has 1 amide bonds. The molecule has 0 aliphatic carbocycles. The number of aromatic nitrogens is 3. The normalized spacial score (nSPS) is 21.2. The van der Waals surface area contributed by atoms with E-state index in [4.69, 9.17) is 9.47 Å². The second-order valence-electron chi connectivity index (χ2n) is 8.94. The molecule has 0 unspecified atom stereocenters. The van der Waals surface area contributed by atoms with Gasteiger partial charge in [-0.05, 0) is 37.6 Å². The van der Waals surface area contributed by atoms with Crippen molar-refractivity contribution in [2.45, 2.75) is 56.9 Å². The van der Waals surface area contributed by atoms with E-state index in [1.54, 1.807) is 34.8 Å². The number of carbonyl (C=O) groups excluding carboxylic acids is 1. The molecule has 35 heavy (non-hydrogen) atoms. The van der Waals surface area contributed by atoms with Gasteiger partial charge in [-0.3, -0.25) is 9.48 Å². The number of likely N-dealkylation sites (N-methyl/N-ethyl adjacent to an activating group) is 1. The van der Waals surface area contributed by atoms with Crippen LogP contribution < -0.4 is 4.74 Å². The molecule has 1 aliphatic rings. The van der Waals surface area contributed by atoms with Gasteiger partial charge in [-0.25, -0.2) is 8.42 Å². The van der Waals surface area contributed by atoms with Crippen molar-refractivity contribution in [3.8, 4) is 5.75 Å². The topological polar surface area (TPSA) is 127 Å². The first kappa shape index (κ1) is 27.1. The lowest BCUT2D eigenvalue weighted by Crippen LogP contribution is -2.47. The molecule has 1 aromatic heterocycles. The maximum Gasteiger partial charge on any atom is 0.242 e. The minimum Gasteiger partial charge on any atom is -0.497 e. The molecule has 11 nitrogen and oxygen atoms in total. The van der Waals surface area contributed by atoms with Crippen LogP contribution in [0.1, 0.15) is 32.4 Å². The lowest BCUT2D eigenvalue weighted by molar-refractivity contribution is -0.136. The number of benzene rings is 1. The zero-order valence-corrected chi connectivity index (χ0v) is 21.5. The fraction of sp³-hybridized carbons (Fsp3) is 0.609. The van der Waals surface area contributed by atoms with Gasteiger partial charge in [-0.1, -0.05) is 12.1 Å². The summed E-state index contributed by atoms with van der Waals surface area (Å²) in [6, 6.07) is 5.83. The van der Waals surface area contributed by atoms with Crippen molar-refractivity contribution in [2.75, 3.05) is 33.9 Å². The minimum atomic E-state index is -3.79. The standard InChI is InChI=1S/C23H35N5O6S/c1-17-12-28(18(2)15-29)23(30)6-5-11-27-13-19(24-25-27)16-34-22(17)14-26(3)35(31,32)21-9-7-20(33-4)8-10-21/h7-10,13,17-18,22,29H,5-6,11-12,14-16H2,1-4H3/t17-,18-,22+/m1/s1. The van der Waals surface area contributed by atoms with Crippen LogP contribution in [0.3, 0.4) is 0 Å². The minimum absolute atomic E-state index is 0.0687. The number of methoxy groups -OCH3 is 1. The highest BCUT2D eigenvalue weighted by atomic mass is 32.2. The van der Waals surface area contributed by atoms with E-state index in [2.05, 4.69) is 10.3 Å². The van der Waals surface area contributed by atoms with E-state index in [-0.39, 0.29) is 42.5 Å². The molecule has 0 saturated carbocycles. The highest BCUT2D eigenvalue weighted by Crippen LogP contribution is 2.22. The summed E-state index contributed by atoms with van der Waals surface area (Å²) >= 11 is 0. The molecule has 12 heteroatoms. The van der Waals surface area contributed by atoms with Crippen molar-refractivity contribution in [3.05, 3.63) is 36.2 Å². The Hall–Kier alpha value is -2.54. The molecule has 2 aromatic rings. The van der Waals surface area contributed by atoms with Gasteiger partial charge >= 0.3 is 0 Å². The van der Waals surface area contributed by atoms with Crippen molar-refractivity contribution < 1.29 is 27.8 Å². The van der Waals surface area contributed by atoms with Crippen LogP contribution in [0.25, 0.3) is 0 Å². The molecule has 194 valence electrons. The van der Waals surface area contributed by atoms with E-state index in [0.29, 0.717) is 37.4 Å². The first-order valence-electron chi connectivity index (χ1n) is 11.7. The van der Waals surface area contributed by atoms with E-state index >= 15 is 0 Å². The van der Waals surface area contributed by atoms with Crippen molar-refractivity contribution in [3.63, 3.8) is 0 Å². The number of amides is 1. The Morgan fingerprint density at radius 3 is 2.69 bits per heavy atom. The summed E-state index contributed by atoms with van der Waals surface area (Å²) in [5, 5.41) is 17.9. The highest BCUT2D eigenvalue weighted by Gasteiger charge is 2.31. The molecule has 3 atom stereocenters. The van der Waals surface area contributed by atoms with E-state index in [0.717, 1.165) is 0 Å². The number of sulfonamides is 1. The maximum absolute atomic E-state index is 13.2. The third-order valence-electron chi connectivity index (χ3n) is 6.25. The zero-order valence-electron chi connectivity index (χ0n) is 20.7. The second kappa shape index (κ2) is 11.9. The lowest BCUT2D eigenvalue weighted by atomic mass is 10.0. The van der Waals surface area contributed by atoms with Gasteiger partial charge in [-0.15, -0.1) is 5.10 Å². The van der Waals surface area contributed by atoms with Gasteiger partial charge < -0.3 is 19.5 Å². The van der Waals surface area contributed by atoms with Crippen LogP contribution in [-0.2, 0) is 32.7 Å². The van der Waals surface area contributed by atoms with Crippen molar-refractivity contribution in [2.24, 2.45) is 5.92 Å². The Kier molecular flexibility index (Phi) is 9.22. The number of aryl methyl sites for hydroxylation is 1. The third kappa shape index (κ3) is 6.78. The van der Waals surface area contributed by atoms with Crippen LogP contribution in [0, 0.1) is 5.92 Å². The smallest absolute Gasteiger partial charge is 0.242 e. The van der Waals surface area contributed by atoms with Gasteiger partial charge in [-0.2, -0.15) is 4.31 Å². The molecular formula is C23H35N5O6S. The molecule has 0 radical (unpaired) electrons. The predicted molar refractivity (Wildman–Crippen MR) is 128 cm³/mol. The molecule has 0 spiro atoms. The molecule has 3 rings (SSSR count). The van der Waals surface area contributed by atoms with Gasteiger partial charge in [0, 0.05) is 39.0 Å². The summed E-state index contributed by atoms with van der Waals surface area (Å²) in [5.41, 5.74) is 0.633. The van der Waals surface area contributed by atoms with Gasteiger partial charge in [0.1, 0.15) is 11.4 Å². The number of hydrogen-bond acceptors (Lipinski definition) is 8. The first-order valence-corrected chi connectivity index (χ1v) is 13.1. The molecule has 0 saturated heterocycles. The monoisotopic (exact) mass is 509 g/mol. The average molecular weight is 510 g/mol. The summed E-state index contributed by atoms with van der Waals surface area (Å²) in [6.07, 6.45) is 2.14. The number of carbonyl (C=O) groups is 1. The lowest BCUT2D eigenvalue weighted by Gasteiger charge is -2.35. The number of ether oxygens (including phenoxy) is 2. The van der Waals surface area contributed by atoms with Crippen molar-refractivity contribution in [1.29, 1.82) is 0 Å². The molecule has 1 aromatic carbocycles. The number of rotatable bonds is 7. The summed E-state index contributed by atoms with van der Waals surface area (Å²) in [5.74, 6) is 0.266. The fourth-order valence-corrected chi connectivity index (χ4v) is 5.16. The molecule has 2 bridgehead atoms. The second-order valence-corrected chi connectivity index (χ2v) is 11.0. The quantitative estimate of drug-likeness (QED) is 0.589. The summed E-state index contributed by atoms with van der Waals surface area (Å²) in [6.45, 7) is 4.64. The van der Waals surface area contributed by atoms with Gasteiger partial charge in [0.2, 0.25) is 15.9 Å². The summed E-state index contributed by atoms with van der Waals surface area (Å²) < 4.78 is 40.6. The maximum atomic E-state index is 13.2. The number of fused-ring (bicyclic) bond motifs is 2. The number of nitrogens with zero attached hydrogens (tertiary/aromatic N) is 5. The fourth-order valence-electron chi connectivity index (χ4n) is 3.97. The summed E-state index contributed by atoms with van der Waals surface area (Å²) in [7, 11) is -0.762. The molecule has 0 fully saturated rings. The van der Waals surface area contributed by atoms with Crippen LogP contribution in [0.5, 0.6) is 5.75 Å². The van der Waals surface area contributed by atoms with Crippen molar-refractivity contribution >= 4 is 15.9 Å². The van der Waals surface area contributed by atoms with Gasteiger partial charge in [0.25, 0.3) is 0 Å². The highest BCUT2D eigenvalue weighted by molar-refractivity contribution is 7.89. The summed E-state index contributed by atoms with van der Waals surface area (Å²) in [4.78, 5) is 14.8. The molecule has 1 N–H and O–H groups in total. The van der Waals surface area contributed by atoms with Crippen LogP contribution in [-0.4, -0.2) is 89.6 Å². The van der Waals surface area contributed by atoms with Gasteiger partial charge in [0.05, 0.1) is 43.6 Å². The van der Waals surface area contributed by atoms with E-state index in [9.17, 15) is 18.3 Å².